The Morgan fingerprint density at radius 3 is 2.47 bits per heavy atom. The van der Waals surface area contributed by atoms with Crippen molar-refractivity contribution in [1.29, 1.82) is 0 Å². The van der Waals surface area contributed by atoms with Gasteiger partial charge in [-0.15, -0.1) is 0 Å². The molecule has 0 aliphatic rings. The van der Waals surface area contributed by atoms with Crippen LogP contribution in [0.15, 0.2) is 0 Å². The Morgan fingerprint density at radius 2 is 1.87 bits per heavy atom. The first-order chi connectivity index (χ1) is 7.06. The molecule has 0 aromatic heterocycles. The van der Waals surface area contributed by atoms with E-state index >= 15 is 0 Å². The average molecular weight is 233 g/mol. The van der Waals surface area contributed by atoms with E-state index in [-0.39, 0.29) is 0 Å². The highest BCUT2D eigenvalue weighted by Gasteiger charge is 2.08. The number of hydrogen-bond donors (Lipinski definition) is 1. The summed E-state index contributed by atoms with van der Waals surface area (Å²) in [6.07, 6.45) is 2.40. The third kappa shape index (κ3) is 14.3. The lowest BCUT2D eigenvalue weighted by Gasteiger charge is -2.17. The minimum absolute atomic E-state index is 0.388. The van der Waals surface area contributed by atoms with Crippen LogP contribution in [0.5, 0.6) is 0 Å². The van der Waals surface area contributed by atoms with E-state index in [4.69, 9.17) is 4.74 Å². The molecule has 15 heavy (non-hydrogen) atoms. The standard InChI is InChI=1S/C12H27NOS/c1-5-6-9-14-10-7-13-8-11-15-12(2,3)4/h13H,5-11H2,1-4H3. The van der Waals surface area contributed by atoms with E-state index in [1.807, 2.05) is 11.8 Å². The molecule has 0 heterocycles. The van der Waals surface area contributed by atoms with E-state index in [0.717, 1.165) is 26.3 Å². The van der Waals surface area contributed by atoms with Crippen molar-refractivity contribution in [1.82, 2.24) is 5.32 Å². The number of unbranched alkanes of at least 4 members (excludes halogenated alkanes) is 1. The first kappa shape index (κ1) is 15.3. The zero-order chi connectivity index (χ0) is 11.6. The molecule has 1 N–H and O–H groups in total. The molecule has 2 nitrogen and oxygen atoms in total. The summed E-state index contributed by atoms with van der Waals surface area (Å²) < 4.78 is 5.84. The molecule has 0 radical (unpaired) electrons. The molecule has 0 atom stereocenters. The van der Waals surface area contributed by atoms with Crippen LogP contribution in [0.25, 0.3) is 0 Å². The van der Waals surface area contributed by atoms with Crippen molar-refractivity contribution in [3.05, 3.63) is 0 Å². The van der Waals surface area contributed by atoms with Gasteiger partial charge in [-0.25, -0.2) is 0 Å². The second kappa shape index (κ2) is 9.49. The van der Waals surface area contributed by atoms with Crippen LogP contribution < -0.4 is 5.32 Å². The first-order valence-corrected chi connectivity index (χ1v) is 6.97. The molecule has 0 aromatic carbocycles. The Hall–Kier alpha value is 0.270. The molecule has 0 saturated carbocycles. The summed E-state index contributed by atoms with van der Waals surface area (Å²) in [7, 11) is 0. The van der Waals surface area contributed by atoms with Crippen molar-refractivity contribution in [2.75, 3.05) is 32.1 Å². The molecular formula is C12H27NOS. The van der Waals surface area contributed by atoms with Crippen LogP contribution in [0.3, 0.4) is 0 Å². The fourth-order valence-electron chi connectivity index (χ4n) is 1.05. The van der Waals surface area contributed by atoms with Gasteiger partial charge >= 0.3 is 0 Å². The fourth-order valence-corrected chi connectivity index (χ4v) is 1.91. The summed E-state index contributed by atoms with van der Waals surface area (Å²) in [5.74, 6) is 1.18. The van der Waals surface area contributed by atoms with Gasteiger partial charge < -0.3 is 10.1 Å². The molecule has 0 rings (SSSR count). The van der Waals surface area contributed by atoms with E-state index in [2.05, 4.69) is 33.0 Å². The molecule has 0 spiro atoms. The normalized spacial score (nSPS) is 12.0. The van der Waals surface area contributed by atoms with Crippen molar-refractivity contribution in [3.8, 4) is 0 Å². The lowest BCUT2D eigenvalue weighted by molar-refractivity contribution is 0.133. The van der Waals surface area contributed by atoms with Gasteiger partial charge in [-0.05, 0) is 6.42 Å². The lowest BCUT2D eigenvalue weighted by atomic mass is 10.3. The highest BCUT2D eigenvalue weighted by Crippen LogP contribution is 2.21. The zero-order valence-electron chi connectivity index (χ0n) is 10.8. The molecule has 0 saturated heterocycles. The number of hydrogen-bond acceptors (Lipinski definition) is 3. The molecule has 0 aliphatic heterocycles. The van der Waals surface area contributed by atoms with Crippen LogP contribution >= 0.6 is 11.8 Å². The maximum atomic E-state index is 5.45. The molecule has 0 aliphatic carbocycles. The number of ether oxygens (including phenoxy) is 1. The molecule has 3 heteroatoms. The van der Waals surface area contributed by atoms with Gasteiger partial charge in [0.05, 0.1) is 6.61 Å². The summed E-state index contributed by atoms with van der Waals surface area (Å²) in [5, 5.41) is 3.39. The second-order valence-corrected chi connectivity index (χ2v) is 6.60. The van der Waals surface area contributed by atoms with Crippen LogP contribution in [0.2, 0.25) is 0 Å². The van der Waals surface area contributed by atoms with Crippen LogP contribution in [-0.2, 0) is 4.74 Å². The Kier molecular flexibility index (Phi) is 9.66. The Bertz CT molecular complexity index is 134. The van der Waals surface area contributed by atoms with Gasteiger partial charge in [0, 0.05) is 30.2 Å². The molecule has 0 amide bonds. The van der Waals surface area contributed by atoms with Gasteiger partial charge in [-0.3, -0.25) is 0 Å². The van der Waals surface area contributed by atoms with Crippen molar-refractivity contribution in [3.63, 3.8) is 0 Å². The minimum atomic E-state index is 0.388. The first-order valence-electron chi connectivity index (χ1n) is 5.98. The monoisotopic (exact) mass is 233 g/mol. The van der Waals surface area contributed by atoms with Crippen LogP contribution in [-0.4, -0.2) is 36.8 Å². The average Bonchev–Trinajstić information content (AvgIpc) is 2.14. The molecule has 0 unspecified atom stereocenters. The highest BCUT2D eigenvalue weighted by molar-refractivity contribution is 8.00. The van der Waals surface area contributed by atoms with Gasteiger partial charge in [-0.2, -0.15) is 11.8 Å². The largest absolute Gasteiger partial charge is 0.380 e. The van der Waals surface area contributed by atoms with Crippen LogP contribution in [0.1, 0.15) is 40.5 Å². The molecule has 0 aromatic rings. The summed E-state index contributed by atoms with van der Waals surface area (Å²) in [6.45, 7) is 12.8. The molecule has 92 valence electrons. The molecule has 0 bridgehead atoms. The third-order valence-corrected chi connectivity index (χ3v) is 3.15. The molecular weight excluding hydrogens is 206 g/mol. The lowest BCUT2D eigenvalue weighted by Crippen LogP contribution is -2.24. The maximum Gasteiger partial charge on any atom is 0.0590 e. The number of nitrogens with one attached hydrogen (secondary N) is 1. The van der Waals surface area contributed by atoms with Crippen molar-refractivity contribution < 1.29 is 4.74 Å². The topological polar surface area (TPSA) is 21.3 Å². The second-order valence-electron chi connectivity index (χ2n) is 4.68. The van der Waals surface area contributed by atoms with E-state index in [0.29, 0.717) is 4.75 Å². The summed E-state index contributed by atoms with van der Waals surface area (Å²) in [5.41, 5.74) is 0. The van der Waals surface area contributed by atoms with E-state index in [1.54, 1.807) is 0 Å². The SMILES string of the molecule is CCCCOCCNCCSC(C)(C)C. The Balaban J connectivity index is 2.99. The van der Waals surface area contributed by atoms with Gasteiger partial charge in [0.25, 0.3) is 0 Å². The number of thioether (sulfide) groups is 1. The summed E-state index contributed by atoms with van der Waals surface area (Å²) in [6, 6.07) is 0. The highest BCUT2D eigenvalue weighted by atomic mass is 32.2. The zero-order valence-corrected chi connectivity index (χ0v) is 11.6. The molecule has 0 fully saturated rings. The van der Waals surface area contributed by atoms with E-state index in [9.17, 15) is 0 Å². The van der Waals surface area contributed by atoms with Gasteiger partial charge in [0.1, 0.15) is 0 Å². The predicted octanol–water partition coefficient (Wildman–Crippen LogP) is 2.92. The minimum Gasteiger partial charge on any atom is -0.380 e. The van der Waals surface area contributed by atoms with Gasteiger partial charge in [0.2, 0.25) is 0 Å². The quantitative estimate of drug-likeness (QED) is 0.619. The van der Waals surface area contributed by atoms with Crippen molar-refractivity contribution in [2.24, 2.45) is 0 Å². The van der Waals surface area contributed by atoms with Crippen molar-refractivity contribution >= 4 is 11.8 Å². The smallest absolute Gasteiger partial charge is 0.0590 e. The van der Waals surface area contributed by atoms with Crippen LogP contribution in [0.4, 0.5) is 0 Å². The van der Waals surface area contributed by atoms with Crippen molar-refractivity contribution in [2.45, 2.75) is 45.3 Å². The predicted molar refractivity (Wildman–Crippen MR) is 70.8 cm³/mol. The van der Waals surface area contributed by atoms with Crippen LogP contribution in [0, 0.1) is 0 Å². The Labute approximate surface area is 99.5 Å². The Morgan fingerprint density at radius 1 is 1.13 bits per heavy atom. The van der Waals surface area contributed by atoms with Gasteiger partial charge in [-0.1, -0.05) is 34.1 Å². The fraction of sp³-hybridized carbons (Fsp3) is 1.00. The van der Waals surface area contributed by atoms with E-state index < -0.39 is 0 Å². The third-order valence-electron chi connectivity index (χ3n) is 1.88. The number of rotatable bonds is 9. The van der Waals surface area contributed by atoms with Gasteiger partial charge in [0.15, 0.2) is 0 Å². The van der Waals surface area contributed by atoms with E-state index in [1.165, 1.54) is 18.6 Å². The summed E-state index contributed by atoms with van der Waals surface area (Å²) in [4.78, 5) is 0. The maximum absolute atomic E-state index is 5.45. The summed E-state index contributed by atoms with van der Waals surface area (Å²) >= 11 is 2.00.